The summed E-state index contributed by atoms with van der Waals surface area (Å²) in [5.41, 5.74) is 4.62. The van der Waals surface area contributed by atoms with Crippen molar-refractivity contribution in [3.05, 3.63) is 96.5 Å². The van der Waals surface area contributed by atoms with E-state index in [1.54, 1.807) is 42.3 Å². The van der Waals surface area contributed by atoms with Crippen LogP contribution in [-0.4, -0.2) is 47.3 Å². The minimum Gasteiger partial charge on any atom is -0.465 e. The Balaban J connectivity index is 1.24. The zero-order valence-corrected chi connectivity index (χ0v) is 21.1. The van der Waals surface area contributed by atoms with Crippen molar-refractivity contribution < 1.29 is 9.53 Å². The second-order valence-corrected chi connectivity index (χ2v) is 8.52. The number of benzene rings is 1. The minimum absolute atomic E-state index is 0.0901. The molecule has 38 heavy (non-hydrogen) atoms. The lowest BCUT2D eigenvalue weighted by Gasteiger charge is -2.08. The molecule has 0 spiro atoms. The van der Waals surface area contributed by atoms with Gasteiger partial charge in [-0.25, -0.2) is 24.9 Å². The van der Waals surface area contributed by atoms with Gasteiger partial charge in [-0.15, -0.1) is 0 Å². The highest BCUT2D eigenvalue weighted by molar-refractivity contribution is 5.69. The van der Waals surface area contributed by atoms with E-state index in [1.807, 2.05) is 55.6 Å². The van der Waals surface area contributed by atoms with Gasteiger partial charge in [-0.2, -0.15) is 5.10 Å². The molecule has 190 valence electrons. The Bertz CT molecular complexity index is 1550. The van der Waals surface area contributed by atoms with E-state index in [0.29, 0.717) is 42.0 Å². The lowest BCUT2D eigenvalue weighted by atomic mass is 10.1. The molecule has 10 heteroatoms. The second-order valence-electron chi connectivity index (χ2n) is 8.52. The fraction of sp³-hybridized carbons (Fsp3) is 0.179. The van der Waals surface area contributed by atoms with Gasteiger partial charge in [0, 0.05) is 36.3 Å². The van der Waals surface area contributed by atoms with Crippen molar-refractivity contribution in [1.82, 2.24) is 34.7 Å². The predicted octanol–water partition coefficient (Wildman–Crippen LogP) is 4.40. The molecule has 10 nitrogen and oxygen atoms in total. The summed E-state index contributed by atoms with van der Waals surface area (Å²) in [6, 6.07) is 17.4. The molecule has 4 heterocycles. The van der Waals surface area contributed by atoms with Crippen molar-refractivity contribution in [2.45, 2.75) is 26.8 Å². The number of aryl methyl sites for hydroxylation is 1. The van der Waals surface area contributed by atoms with Gasteiger partial charge >= 0.3 is 5.97 Å². The first kappa shape index (κ1) is 24.7. The smallest absolute Gasteiger partial charge is 0.327 e. The van der Waals surface area contributed by atoms with Crippen molar-refractivity contribution in [1.29, 1.82) is 0 Å². The van der Waals surface area contributed by atoms with Gasteiger partial charge in [-0.3, -0.25) is 9.48 Å². The summed E-state index contributed by atoms with van der Waals surface area (Å²) in [6.45, 7) is 4.16. The lowest BCUT2D eigenvalue weighted by Crippen LogP contribution is -2.13. The molecule has 0 radical (unpaired) electrons. The van der Waals surface area contributed by atoms with Gasteiger partial charge in [0.05, 0.1) is 12.8 Å². The molecule has 4 aromatic heterocycles. The van der Waals surface area contributed by atoms with Gasteiger partial charge in [-0.1, -0.05) is 30.3 Å². The Labute approximate surface area is 219 Å². The zero-order chi connectivity index (χ0) is 26.3. The van der Waals surface area contributed by atoms with Crippen LogP contribution in [0.5, 0.6) is 0 Å². The lowest BCUT2D eigenvalue weighted by molar-refractivity contribution is -0.144. The van der Waals surface area contributed by atoms with Gasteiger partial charge < -0.3 is 10.1 Å². The van der Waals surface area contributed by atoms with Crippen LogP contribution < -0.4 is 5.32 Å². The molecule has 0 saturated carbocycles. The van der Waals surface area contributed by atoms with E-state index in [9.17, 15) is 4.79 Å². The Morgan fingerprint density at radius 2 is 1.71 bits per heavy atom. The number of nitrogens with one attached hydrogen (secondary N) is 1. The van der Waals surface area contributed by atoms with E-state index in [-0.39, 0.29) is 12.5 Å². The van der Waals surface area contributed by atoms with Crippen LogP contribution in [0, 0.1) is 6.92 Å². The maximum atomic E-state index is 11.7. The average molecular weight is 507 g/mol. The first-order chi connectivity index (χ1) is 18.6. The third-order valence-corrected chi connectivity index (χ3v) is 5.61. The normalized spacial score (nSPS) is 10.8. The van der Waals surface area contributed by atoms with Gasteiger partial charge in [0.25, 0.3) is 0 Å². The SMILES string of the molecule is CCOC(=O)Cn1cc(-c2ccc(Cc3nccc(Nc4ccnc(-c5cccc(C)n5)n4)n3)cc2)cn1. The number of carbonyl (C=O) groups excluding carboxylic acids is 1. The van der Waals surface area contributed by atoms with Crippen LogP contribution in [0.25, 0.3) is 22.6 Å². The molecule has 0 amide bonds. The van der Waals surface area contributed by atoms with E-state index in [2.05, 4.69) is 35.3 Å². The maximum absolute atomic E-state index is 11.7. The number of pyridine rings is 1. The molecular weight excluding hydrogens is 480 g/mol. The van der Waals surface area contributed by atoms with Crippen molar-refractivity contribution >= 4 is 17.6 Å². The van der Waals surface area contributed by atoms with Crippen molar-refractivity contribution in [2.75, 3.05) is 11.9 Å². The Hall–Kier alpha value is -4.99. The number of anilines is 2. The third-order valence-electron chi connectivity index (χ3n) is 5.61. The van der Waals surface area contributed by atoms with Crippen LogP contribution in [0.15, 0.2) is 79.4 Å². The van der Waals surface area contributed by atoms with Crippen LogP contribution in [0.1, 0.15) is 24.0 Å². The third kappa shape index (κ3) is 6.22. The number of carbonyl (C=O) groups is 1. The van der Waals surface area contributed by atoms with Crippen LogP contribution in [0.4, 0.5) is 11.6 Å². The fourth-order valence-electron chi connectivity index (χ4n) is 3.84. The van der Waals surface area contributed by atoms with E-state index >= 15 is 0 Å². The van der Waals surface area contributed by atoms with Crippen LogP contribution in [0.3, 0.4) is 0 Å². The number of nitrogens with zero attached hydrogens (tertiary/aromatic N) is 7. The number of hydrogen-bond donors (Lipinski definition) is 1. The number of aromatic nitrogens is 7. The molecule has 1 aromatic carbocycles. The van der Waals surface area contributed by atoms with Crippen LogP contribution in [-0.2, 0) is 22.5 Å². The zero-order valence-electron chi connectivity index (χ0n) is 21.1. The first-order valence-corrected chi connectivity index (χ1v) is 12.2. The summed E-state index contributed by atoms with van der Waals surface area (Å²) in [6.07, 6.45) is 7.55. The molecule has 0 fully saturated rings. The maximum Gasteiger partial charge on any atom is 0.327 e. The Kier molecular flexibility index (Phi) is 7.39. The van der Waals surface area contributed by atoms with Gasteiger partial charge in [0.2, 0.25) is 0 Å². The topological polar surface area (TPSA) is 121 Å². The molecule has 0 saturated heterocycles. The molecule has 5 rings (SSSR count). The summed E-state index contributed by atoms with van der Waals surface area (Å²) < 4.78 is 6.55. The highest BCUT2D eigenvalue weighted by Gasteiger charge is 2.09. The molecule has 0 unspecified atom stereocenters. The van der Waals surface area contributed by atoms with E-state index in [0.717, 1.165) is 22.4 Å². The largest absolute Gasteiger partial charge is 0.465 e. The van der Waals surface area contributed by atoms with Crippen molar-refractivity contribution in [3.63, 3.8) is 0 Å². The quantitative estimate of drug-likeness (QED) is 0.290. The van der Waals surface area contributed by atoms with Crippen molar-refractivity contribution in [3.8, 4) is 22.6 Å². The highest BCUT2D eigenvalue weighted by atomic mass is 16.5. The molecule has 0 aliphatic rings. The number of esters is 1. The van der Waals surface area contributed by atoms with Crippen LogP contribution in [0.2, 0.25) is 0 Å². The molecule has 0 bridgehead atoms. The van der Waals surface area contributed by atoms with Gasteiger partial charge in [-0.05, 0) is 49.2 Å². The minimum atomic E-state index is -0.308. The monoisotopic (exact) mass is 506 g/mol. The van der Waals surface area contributed by atoms with Gasteiger partial charge in [0.15, 0.2) is 5.82 Å². The summed E-state index contributed by atoms with van der Waals surface area (Å²) in [4.78, 5) is 34.2. The molecule has 0 atom stereocenters. The Morgan fingerprint density at radius 3 is 2.50 bits per heavy atom. The predicted molar refractivity (Wildman–Crippen MR) is 142 cm³/mol. The van der Waals surface area contributed by atoms with Crippen LogP contribution >= 0.6 is 0 Å². The second kappa shape index (κ2) is 11.4. The van der Waals surface area contributed by atoms with E-state index in [1.165, 1.54) is 0 Å². The first-order valence-electron chi connectivity index (χ1n) is 12.2. The standard InChI is InChI=1S/C28H26N8O2/c1-3-38-27(37)18-36-17-22(16-31-36)21-9-7-20(8-10-21)15-26-29-13-11-24(34-26)33-25-12-14-30-28(35-25)23-6-4-5-19(2)32-23/h4-14,16-17H,3,15,18H2,1-2H3,(H,29,30,33,34,35). The van der Waals surface area contributed by atoms with Crippen molar-refractivity contribution in [2.24, 2.45) is 0 Å². The molecule has 0 aliphatic carbocycles. The van der Waals surface area contributed by atoms with E-state index in [4.69, 9.17) is 4.74 Å². The Morgan fingerprint density at radius 1 is 0.921 bits per heavy atom. The van der Waals surface area contributed by atoms with Gasteiger partial charge in [0.1, 0.15) is 29.7 Å². The number of hydrogen-bond acceptors (Lipinski definition) is 9. The molecule has 5 aromatic rings. The van der Waals surface area contributed by atoms with E-state index < -0.39 is 0 Å². The number of rotatable bonds is 9. The molecule has 1 N–H and O–H groups in total. The highest BCUT2D eigenvalue weighted by Crippen LogP contribution is 2.21. The molecular formula is C28H26N8O2. The average Bonchev–Trinajstić information content (AvgIpc) is 3.38. The summed E-state index contributed by atoms with van der Waals surface area (Å²) in [7, 11) is 0. The number of ether oxygens (including phenoxy) is 1. The molecule has 0 aliphatic heterocycles. The summed E-state index contributed by atoms with van der Waals surface area (Å²) in [5, 5.41) is 7.49. The fourth-order valence-corrected chi connectivity index (χ4v) is 3.84. The summed E-state index contributed by atoms with van der Waals surface area (Å²) >= 11 is 0. The summed E-state index contributed by atoms with van der Waals surface area (Å²) in [5.74, 6) is 2.18.